The van der Waals surface area contributed by atoms with Crippen LogP contribution >= 0.6 is 11.3 Å². The fraction of sp³-hybridized carbons (Fsp3) is 0.217. The van der Waals surface area contributed by atoms with Crippen molar-refractivity contribution in [3.8, 4) is 23.0 Å². The number of thiazole rings is 1. The number of anilines is 1. The van der Waals surface area contributed by atoms with Crippen molar-refractivity contribution in [3.05, 3.63) is 53.9 Å². The first-order valence-corrected chi connectivity index (χ1v) is 12.6. The number of ether oxygens (including phenoxy) is 2. The van der Waals surface area contributed by atoms with Gasteiger partial charge in [-0.2, -0.15) is 0 Å². The molecule has 0 aliphatic carbocycles. The maximum atomic E-state index is 12.4. The van der Waals surface area contributed by atoms with Gasteiger partial charge in [0.25, 0.3) is 0 Å². The van der Waals surface area contributed by atoms with Gasteiger partial charge in [-0.1, -0.05) is 0 Å². The van der Waals surface area contributed by atoms with Crippen LogP contribution in [0.15, 0.2) is 63.2 Å². The van der Waals surface area contributed by atoms with Gasteiger partial charge in [0.05, 0.1) is 24.9 Å². The number of rotatable bonds is 9. The molecule has 0 saturated heterocycles. The maximum Gasteiger partial charge on any atom is 0.226 e. The fourth-order valence-electron chi connectivity index (χ4n) is 3.21. The third-order valence-corrected chi connectivity index (χ3v) is 7.54. The first-order chi connectivity index (χ1) is 15.9. The van der Waals surface area contributed by atoms with Crippen LogP contribution in [0.25, 0.3) is 22.4 Å². The molecule has 8 nitrogen and oxygen atoms in total. The molecule has 10 heteroatoms. The number of sulfone groups is 1. The quantitative estimate of drug-likeness (QED) is 0.363. The lowest BCUT2D eigenvalue weighted by Crippen LogP contribution is -2.14. The second kappa shape index (κ2) is 9.63. The van der Waals surface area contributed by atoms with E-state index in [1.807, 2.05) is 18.2 Å². The molecule has 4 rings (SSSR count). The average Bonchev–Trinajstić information content (AvgIpc) is 3.45. The number of hydrogen-bond acceptors (Lipinski definition) is 8. The summed E-state index contributed by atoms with van der Waals surface area (Å²) in [5.41, 5.74) is 1.29. The molecule has 4 aromatic rings. The summed E-state index contributed by atoms with van der Waals surface area (Å²) in [7, 11) is -0.366. The van der Waals surface area contributed by atoms with Crippen LogP contribution in [0.3, 0.4) is 0 Å². The van der Waals surface area contributed by atoms with E-state index in [0.717, 1.165) is 5.39 Å². The highest BCUT2D eigenvalue weighted by Gasteiger charge is 2.16. The van der Waals surface area contributed by atoms with Crippen molar-refractivity contribution in [2.45, 2.75) is 17.7 Å². The Kier molecular flexibility index (Phi) is 6.66. The summed E-state index contributed by atoms with van der Waals surface area (Å²) in [6.45, 7) is 0. The van der Waals surface area contributed by atoms with Crippen LogP contribution in [0, 0.1) is 0 Å². The zero-order valence-corrected chi connectivity index (χ0v) is 19.7. The van der Waals surface area contributed by atoms with Crippen molar-refractivity contribution in [3.63, 3.8) is 0 Å². The summed E-state index contributed by atoms with van der Waals surface area (Å²) in [4.78, 5) is 16.9. The standard InChI is InChI=1S/C23H22N2O6S2/c1-29-16-7-9-18(10-8-16)33(27,28)11-3-4-22(26)25-23-24-19(14-32-23)21-12-15-5-6-17(30-2)13-20(15)31-21/h5-10,12-14H,3-4,11H2,1-2H3,(H,24,25,26). The lowest BCUT2D eigenvalue weighted by molar-refractivity contribution is -0.116. The van der Waals surface area contributed by atoms with Crippen LogP contribution in [-0.2, 0) is 14.6 Å². The van der Waals surface area contributed by atoms with Crippen LogP contribution in [0.2, 0.25) is 0 Å². The topological polar surface area (TPSA) is 108 Å². The number of nitrogens with one attached hydrogen (secondary N) is 1. The number of carbonyl (C=O) groups is 1. The largest absolute Gasteiger partial charge is 0.497 e. The normalized spacial score (nSPS) is 11.5. The number of amides is 1. The van der Waals surface area contributed by atoms with Crippen LogP contribution < -0.4 is 14.8 Å². The molecule has 1 amide bonds. The van der Waals surface area contributed by atoms with E-state index in [-0.39, 0.29) is 29.4 Å². The predicted molar refractivity (Wildman–Crippen MR) is 127 cm³/mol. The first kappa shape index (κ1) is 22.8. The summed E-state index contributed by atoms with van der Waals surface area (Å²) in [6, 6.07) is 13.6. The van der Waals surface area contributed by atoms with Crippen molar-refractivity contribution < 1.29 is 27.1 Å². The monoisotopic (exact) mass is 486 g/mol. The SMILES string of the molecule is COc1ccc(S(=O)(=O)CCCC(=O)Nc2nc(-c3cc4ccc(OC)cc4o3)cs2)cc1. The highest BCUT2D eigenvalue weighted by Crippen LogP contribution is 2.32. The van der Waals surface area contributed by atoms with Gasteiger partial charge in [-0.05, 0) is 48.9 Å². The molecule has 0 unspecified atom stereocenters. The molecule has 2 aromatic heterocycles. The van der Waals surface area contributed by atoms with Gasteiger partial charge < -0.3 is 19.2 Å². The highest BCUT2D eigenvalue weighted by atomic mass is 32.2. The van der Waals surface area contributed by atoms with Gasteiger partial charge in [0.15, 0.2) is 20.7 Å². The molecule has 0 fully saturated rings. The first-order valence-electron chi connectivity index (χ1n) is 10.1. The Hall–Kier alpha value is -3.37. The van der Waals surface area contributed by atoms with E-state index >= 15 is 0 Å². The van der Waals surface area contributed by atoms with Crippen molar-refractivity contribution in [1.29, 1.82) is 0 Å². The molecule has 0 aliphatic heterocycles. The number of aromatic nitrogens is 1. The molecule has 0 aliphatic rings. The van der Waals surface area contributed by atoms with Crippen molar-refractivity contribution in [1.82, 2.24) is 4.98 Å². The van der Waals surface area contributed by atoms with E-state index in [2.05, 4.69) is 10.3 Å². The van der Waals surface area contributed by atoms with Crippen molar-refractivity contribution in [2.24, 2.45) is 0 Å². The zero-order valence-electron chi connectivity index (χ0n) is 18.0. The number of methoxy groups -OCH3 is 2. The third kappa shape index (κ3) is 5.35. The summed E-state index contributed by atoms with van der Waals surface area (Å²) in [6.07, 6.45) is 0.262. The lowest BCUT2D eigenvalue weighted by Gasteiger charge is -2.06. The summed E-state index contributed by atoms with van der Waals surface area (Å²) < 4.78 is 41.0. The lowest BCUT2D eigenvalue weighted by atomic mass is 10.2. The van der Waals surface area contributed by atoms with Gasteiger partial charge in [0.2, 0.25) is 5.91 Å². The van der Waals surface area contributed by atoms with Gasteiger partial charge in [-0.25, -0.2) is 13.4 Å². The molecular formula is C23H22N2O6S2. The second-order valence-corrected chi connectivity index (χ2v) is 10.2. The summed E-state index contributed by atoms with van der Waals surface area (Å²) in [5, 5.41) is 5.85. The molecule has 0 atom stereocenters. The second-order valence-electron chi connectivity index (χ2n) is 7.20. The molecule has 0 saturated carbocycles. The number of fused-ring (bicyclic) bond motifs is 1. The highest BCUT2D eigenvalue weighted by molar-refractivity contribution is 7.91. The van der Waals surface area contributed by atoms with Gasteiger partial charge in [0.1, 0.15) is 22.8 Å². The van der Waals surface area contributed by atoms with E-state index in [0.29, 0.717) is 33.7 Å². The van der Waals surface area contributed by atoms with E-state index in [1.165, 1.54) is 30.6 Å². The Balaban J connectivity index is 1.33. The van der Waals surface area contributed by atoms with Gasteiger partial charge >= 0.3 is 0 Å². The van der Waals surface area contributed by atoms with E-state index in [4.69, 9.17) is 13.9 Å². The number of furan rings is 1. The fourth-order valence-corrected chi connectivity index (χ4v) is 5.24. The summed E-state index contributed by atoms with van der Waals surface area (Å²) >= 11 is 1.27. The minimum absolute atomic E-state index is 0.0642. The van der Waals surface area contributed by atoms with E-state index < -0.39 is 9.84 Å². The summed E-state index contributed by atoms with van der Waals surface area (Å²) in [5.74, 6) is 1.44. The molecular weight excluding hydrogens is 464 g/mol. The van der Waals surface area contributed by atoms with E-state index in [9.17, 15) is 13.2 Å². The molecule has 0 radical (unpaired) electrons. The molecule has 2 aromatic carbocycles. The maximum absolute atomic E-state index is 12.4. The van der Waals surface area contributed by atoms with Crippen LogP contribution in [0.1, 0.15) is 12.8 Å². The van der Waals surface area contributed by atoms with Gasteiger partial charge in [-0.15, -0.1) is 11.3 Å². The van der Waals surface area contributed by atoms with Gasteiger partial charge in [0, 0.05) is 23.3 Å². The third-order valence-electron chi connectivity index (χ3n) is 4.97. The number of benzene rings is 2. The van der Waals surface area contributed by atoms with Crippen molar-refractivity contribution in [2.75, 3.05) is 25.3 Å². The Morgan fingerprint density at radius 2 is 1.79 bits per heavy atom. The Labute approximate surface area is 195 Å². The molecule has 1 N–H and O–H groups in total. The van der Waals surface area contributed by atoms with E-state index in [1.54, 1.807) is 30.7 Å². The van der Waals surface area contributed by atoms with Crippen LogP contribution in [0.4, 0.5) is 5.13 Å². The number of carbonyl (C=O) groups excluding carboxylic acids is 1. The minimum Gasteiger partial charge on any atom is -0.497 e. The van der Waals surface area contributed by atoms with Crippen LogP contribution in [0.5, 0.6) is 11.5 Å². The number of hydrogen-bond donors (Lipinski definition) is 1. The van der Waals surface area contributed by atoms with Crippen LogP contribution in [-0.4, -0.2) is 39.3 Å². The predicted octanol–water partition coefficient (Wildman–Crippen LogP) is 4.77. The number of nitrogens with zero attached hydrogens (tertiary/aromatic N) is 1. The molecule has 33 heavy (non-hydrogen) atoms. The Morgan fingerprint density at radius 1 is 1.06 bits per heavy atom. The zero-order chi connectivity index (χ0) is 23.4. The minimum atomic E-state index is -3.47. The van der Waals surface area contributed by atoms with Crippen molar-refractivity contribution >= 4 is 43.2 Å². The average molecular weight is 487 g/mol. The molecule has 172 valence electrons. The Morgan fingerprint density at radius 3 is 2.52 bits per heavy atom. The Bertz CT molecular complexity index is 1370. The molecule has 2 heterocycles. The molecule has 0 spiro atoms. The van der Waals surface area contributed by atoms with Gasteiger partial charge in [-0.3, -0.25) is 4.79 Å². The smallest absolute Gasteiger partial charge is 0.226 e. The molecule has 0 bridgehead atoms.